The number of anilines is 4. The highest BCUT2D eigenvalue weighted by molar-refractivity contribution is 6.44. The molecule has 0 amide bonds. The van der Waals surface area contributed by atoms with E-state index >= 15 is 0 Å². The van der Waals surface area contributed by atoms with Gasteiger partial charge >= 0.3 is 5.97 Å². The van der Waals surface area contributed by atoms with Crippen molar-refractivity contribution < 1.29 is 9.53 Å². The van der Waals surface area contributed by atoms with E-state index in [0.29, 0.717) is 21.2 Å². The summed E-state index contributed by atoms with van der Waals surface area (Å²) in [5.41, 5.74) is 9.05. The molecule has 0 radical (unpaired) electrons. The van der Waals surface area contributed by atoms with Crippen LogP contribution in [-0.4, -0.2) is 62.4 Å². The molecule has 1 aliphatic heterocycles. The van der Waals surface area contributed by atoms with Gasteiger partial charge in [0, 0.05) is 102 Å². The van der Waals surface area contributed by atoms with Crippen molar-refractivity contribution in [3.05, 3.63) is 152 Å². The highest BCUT2D eigenvalue weighted by Gasteiger charge is 2.91. The van der Waals surface area contributed by atoms with Gasteiger partial charge in [0.1, 0.15) is 0 Å². The smallest absolute Gasteiger partial charge is 0.339 e. The molecule has 266 valence electrons. The molecule has 1 spiro atoms. The van der Waals surface area contributed by atoms with E-state index in [0.717, 1.165) is 56.1 Å². The molecule has 0 saturated heterocycles. The fraction of sp³-hybridized carbons (Fsp3) is 0.295. The third kappa shape index (κ3) is 4.34. The second-order valence-corrected chi connectivity index (χ2v) is 16.2. The van der Waals surface area contributed by atoms with Crippen LogP contribution in [0.2, 0.25) is 10.0 Å². The van der Waals surface area contributed by atoms with Gasteiger partial charge in [-0.2, -0.15) is 0 Å². The summed E-state index contributed by atoms with van der Waals surface area (Å²) in [5.74, 6) is -0.537. The van der Waals surface area contributed by atoms with Gasteiger partial charge in [-0.25, -0.2) is 4.79 Å². The first-order chi connectivity index (χ1) is 24.7. The molecule has 1 saturated carbocycles. The Kier molecular flexibility index (Phi) is 7.73. The first-order valence-corrected chi connectivity index (χ1v) is 18.4. The molecule has 0 N–H and O–H groups in total. The first kappa shape index (κ1) is 34.4. The predicted octanol–water partition coefficient (Wildman–Crippen LogP) is 9.07. The summed E-state index contributed by atoms with van der Waals surface area (Å²) >= 11 is 15.0. The fourth-order valence-electron chi connectivity index (χ4n) is 9.17. The van der Waals surface area contributed by atoms with Crippen molar-refractivity contribution >= 4 is 51.9 Å². The van der Waals surface area contributed by atoms with E-state index in [1.807, 2.05) is 56.4 Å². The van der Waals surface area contributed by atoms with E-state index in [1.165, 1.54) is 0 Å². The van der Waals surface area contributed by atoms with Gasteiger partial charge in [-0.05, 0) is 83.3 Å². The van der Waals surface area contributed by atoms with E-state index in [1.54, 1.807) is 0 Å². The molecule has 6 nitrogen and oxygen atoms in total. The number of rotatable bonds is 9. The summed E-state index contributed by atoms with van der Waals surface area (Å²) in [5, 5.41) is 0.887. The average molecular weight is 732 g/mol. The third-order valence-electron chi connectivity index (χ3n) is 12.0. The minimum atomic E-state index is -0.901. The Bertz CT molecular complexity index is 2120. The molecule has 52 heavy (non-hydrogen) atoms. The summed E-state index contributed by atoms with van der Waals surface area (Å²) in [4.78, 5) is 23.0. The van der Waals surface area contributed by atoms with Crippen LogP contribution in [0.15, 0.2) is 97.1 Å². The van der Waals surface area contributed by atoms with E-state index in [2.05, 4.69) is 124 Å². The van der Waals surface area contributed by atoms with Crippen LogP contribution in [0.4, 0.5) is 22.7 Å². The molecule has 5 aromatic carbocycles. The Balaban J connectivity index is 1.39. The van der Waals surface area contributed by atoms with Crippen molar-refractivity contribution in [2.75, 3.05) is 76.0 Å². The Morgan fingerprint density at radius 1 is 0.577 bits per heavy atom. The zero-order chi connectivity index (χ0) is 37.1. The normalized spacial score (nSPS) is 18.9. The van der Waals surface area contributed by atoms with Gasteiger partial charge in [0.25, 0.3) is 0 Å². The monoisotopic (exact) mass is 730 g/mol. The van der Waals surface area contributed by atoms with Crippen molar-refractivity contribution in [2.45, 2.75) is 29.3 Å². The summed E-state index contributed by atoms with van der Waals surface area (Å²) in [6.45, 7) is 2.15. The maximum atomic E-state index is 14.7. The second-order valence-electron chi connectivity index (χ2n) is 15.4. The molecule has 2 aliphatic carbocycles. The average Bonchev–Trinajstić information content (AvgIpc) is 3.52. The highest BCUT2D eigenvalue weighted by atomic mass is 35.5. The number of hydrogen-bond donors (Lipinski definition) is 0. The van der Waals surface area contributed by atoms with Crippen molar-refractivity contribution in [3.63, 3.8) is 0 Å². The Morgan fingerprint density at radius 3 is 1.31 bits per heavy atom. The number of hydrogen-bond acceptors (Lipinski definition) is 6. The van der Waals surface area contributed by atoms with Crippen LogP contribution in [0.3, 0.4) is 0 Å². The van der Waals surface area contributed by atoms with Gasteiger partial charge < -0.3 is 24.3 Å². The van der Waals surface area contributed by atoms with E-state index in [9.17, 15) is 4.79 Å². The fourth-order valence-corrected chi connectivity index (χ4v) is 9.86. The zero-order valence-electron chi connectivity index (χ0n) is 31.2. The minimum absolute atomic E-state index is 0.181. The Hall–Kier alpha value is -4.65. The van der Waals surface area contributed by atoms with E-state index < -0.39 is 16.4 Å². The number of ether oxygens (including phenoxy) is 1. The number of fused-ring (bicyclic) bond motifs is 1. The maximum absolute atomic E-state index is 14.7. The standard InChI is InChI=1S/C44H44Cl2N4O2/c1-42(26-10-18-30(19-11-26)47(2)3,27-12-20-31(21-13-27)48(4)5)37-34-36-35(38(45)39(37)46)40-43(44(36,40)52-41(34)51,28-14-22-32(23-15-28)49(6)7)29-16-24-33(25-17-29)50(8)9/h10-25,40H,1-9H3. The number of benzene rings is 5. The molecule has 8 rings (SSSR count). The quantitative estimate of drug-likeness (QED) is 0.111. The van der Waals surface area contributed by atoms with Crippen molar-refractivity contribution in [3.8, 4) is 0 Å². The summed E-state index contributed by atoms with van der Waals surface area (Å²) in [7, 11) is 16.2. The lowest BCUT2D eigenvalue weighted by molar-refractivity contribution is 0.0212. The van der Waals surface area contributed by atoms with E-state index in [-0.39, 0.29) is 11.9 Å². The summed E-state index contributed by atoms with van der Waals surface area (Å²) in [6, 6.07) is 34.2. The molecule has 2 unspecified atom stereocenters. The molecule has 8 heteroatoms. The molecule has 3 aliphatic rings. The first-order valence-electron chi connectivity index (χ1n) is 17.6. The molecule has 0 bridgehead atoms. The van der Waals surface area contributed by atoms with Gasteiger partial charge in [0.05, 0.1) is 21.0 Å². The molecule has 0 aromatic heterocycles. The zero-order valence-corrected chi connectivity index (χ0v) is 32.7. The molecular formula is C44H44Cl2N4O2. The van der Waals surface area contributed by atoms with Crippen LogP contribution in [0.25, 0.3) is 0 Å². The topological polar surface area (TPSA) is 39.3 Å². The molecule has 5 aromatic rings. The van der Waals surface area contributed by atoms with Gasteiger partial charge in [0.15, 0.2) is 5.60 Å². The molecule has 2 atom stereocenters. The van der Waals surface area contributed by atoms with Crippen LogP contribution in [0.5, 0.6) is 0 Å². The summed E-state index contributed by atoms with van der Waals surface area (Å²) in [6.07, 6.45) is 0. The number of halogens is 2. The maximum Gasteiger partial charge on any atom is 0.339 e. The minimum Gasteiger partial charge on any atom is -0.448 e. The van der Waals surface area contributed by atoms with Crippen LogP contribution in [-0.2, 0) is 21.2 Å². The lowest BCUT2D eigenvalue weighted by Crippen LogP contribution is -2.30. The SMILES string of the molecule is CN(C)c1ccc(C(C)(c2ccc(N(C)C)cc2)c2c(Cl)c(Cl)c3c4c2C(=O)OC42C3C2(c2ccc(N(C)C)cc2)c2ccc(N(C)C)cc2)cc1. The molecule has 1 heterocycles. The van der Waals surface area contributed by atoms with E-state index in [4.69, 9.17) is 27.9 Å². The van der Waals surface area contributed by atoms with Gasteiger partial charge in [-0.15, -0.1) is 0 Å². The number of carbonyl (C=O) groups is 1. The lowest BCUT2D eigenvalue weighted by Gasteiger charge is -2.36. The highest BCUT2D eigenvalue weighted by Crippen LogP contribution is 2.88. The lowest BCUT2D eigenvalue weighted by atomic mass is 9.67. The number of carbonyl (C=O) groups excluding carboxylic acids is 1. The largest absolute Gasteiger partial charge is 0.448 e. The van der Waals surface area contributed by atoms with Crippen molar-refractivity contribution in [1.82, 2.24) is 0 Å². The van der Waals surface area contributed by atoms with Gasteiger partial charge in [-0.1, -0.05) is 71.7 Å². The van der Waals surface area contributed by atoms with Crippen molar-refractivity contribution in [2.24, 2.45) is 0 Å². The summed E-state index contributed by atoms with van der Waals surface area (Å²) < 4.78 is 6.78. The Morgan fingerprint density at radius 2 is 0.942 bits per heavy atom. The van der Waals surface area contributed by atoms with Crippen LogP contribution in [0.1, 0.15) is 62.1 Å². The van der Waals surface area contributed by atoms with Gasteiger partial charge in [-0.3, -0.25) is 0 Å². The van der Waals surface area contributed by atoms with Crippen LogP contribution >= 0.6 is 23.2 Å². The number of nitrogens with zero attached hydrogens (tertiary/aromatic N) is 4. The van der Waals surface area contributed by atoms with Gasteiger partial charge in [0.2, 0.25) is 0 Å². The molecule has 1 fully saturated rings. The van der Waals surface area contributed by atoms with Crippen LogP contribution in [0, 0.1) is 0 Å². The van der Waals surface area contributed by atoms with Crippen molar-refractivity contribution in [1.29, 1.82) is 0 Å². The second kappa shape index (κ2) is 11.7. The molecular weight excluding hydrogens is 687 g/mol. The number of esters is 1. The third-order valence-corrected chi connectivity index (χ3v) is 12.8. The Labute approximate surface area is 317 Å². The predicted molar refractivity (Wildman–Crippen MR) is 216 cm³/mol. The van der Waals surface area contributed by atoms with Crippen LogP contribution < -0.4 is 19.6 Å².